The highest BCUT2D eigenvalue weighted by Gasteiger charge is 2.36. The third-order valence-electron chi connectivity index (χ3n) is 4.79. The maximum absolute atomic E-state index is 12.5. The first-order valence-electron chi connectivity index (χ1n) is 7.87. The number of H-pyrrole nitrogens is 2. The van der Waals surface area contributed by atoms with E-state index in [1.165, 1.54) is 0 Å². The molecule has 5 N–H and O–H groups in total. The number of rotatable bonds is 4. The van der Waals surface area contributed by atoms with E-state index in [4.69, 9.17) is 5.73 Å². The number of amides is 1. The van der Waals surface area contributed by atoms with Gasteiger partial charge in [0.2, 0.25) is 5.91 Å². The molecule has 1 fully saturated rings. The zero-order chi connectivity index (χ0) is 16.6. The van der Waals surface area contributed by atoms with E-state index in [-0.39, 0.29) is 23.1 Å². The monoisotopic (exact) mass is 317 g/mol. The van der Waals surface area contributed by atoms with Crippen LogP contribution in [0.3, 0.4) is 0 Å². The van der Waals surface area contributed by atoms with Gasteiger partial charge in [-0.3, -0.25) is 9.69 Å². The Bertz CT molecular complexity index is 780. The van der Waals surface area contributed by atoms with Crippen molar-refractivity contribution in [1.29, 1.82) is 0 Å². The quantitative estimate of drug-likeness (QED) is 0.670. The molecule has 124 valence electrons. The van der Waals surface area contributed by atoms with E-state index in [0.29, 0.717) is 17.7 Å². The van der Waals surface area contributed by atoms with Gasteiger partial charge in [-0.15, -0.1) is 0 Å². The number of carbonyl (C=O) groups is 1. The molecule has 0 bridgehead atoms. The lowest BCUT2D eigenvalue weighted by Gasteiger charge is -2.26. The summed E-state index contributed by atoms with van der Waals surface area (Å²) in [6.45, 7) is 6.42. The molecule has 0 aliphatic carbocycles. The fourth-order valence-corrected chi connectivity index (χ4v) is 3.08. The van der Waals surface area contributed by atoms with E-state index >= 15 is 0 Å². The summed E-state index contributed by atoms with van der Waals surface area (Å²) in [7, 11) is 0. The second-order valence-corrected chi connectivity index (χ2v) is 6.74. The largest absolute Gasteiger partial charge is 0.330 e. The van der Waals surface area contributed by atoms with Crippen molar-refractivity contribution in [2.45, 2.75) is 26.3 Å². The molecule has 2 unspecified atom stereocenters. The first-order valence-corrected chi connectivity index (χ1v) is 7.87. The normalized spacial score (nSPS) is 23.3. The highest BCUT2D eigenvalue weighted by atomic mass is 16.2. The predicted molar refractivity (Wildman–Crippen MR) is 90.4 cm³/mol. The maximum atomic E-state index is 12.5. The minimum absolute atomic E-state index is 0.0523. The van der Waals surface area contributed by atoms with Gasteiger partial charge < -0.3 is 21.0 Å². The Morgan fingerprint density at radius 3 is 2.87 bits per heavy atom. The molecule has 1 saturated heterocycles. The topological polar surface area (TPSA) is 107 Å². The zero-order valence-electron chi connectivity index (χ0n) is 13.5. The van der Waals surface area contributed by atoms with E-state index in [1.807, 2.05) is 6.92 Å². The third-order valence-corrected chi connectivity index (χ3v) is 4.79. The first-order chi connectivity index (χ1) is 10.9. The number of anilines is 1. The number of likely N-dealkylation sites (tertiary alicyclic amines) is 1. The Labute approximate surface area is 134 Å². The molecule has 2 atom stereocenters. The zero-order valence-corrected chi connectivity index (χ0v) is 13.5. The van der Waals surface area contributed by atoms with Crippen LogP contribution in [0.4, 0.5) is 5.69 Å². The second kappa shape index (κ2) is 5.82. The molecule has 2 heterocycles. The number of fused-ring (bicyclic) bond motifs is 1. The molecule has 1 aromatic heterocycles. The summed E-state index contributed by atoms with van der Waals surface area (Å²) < 4.78 is 0. The summed E-state index contributed by atoms with van der Waals surface area (Å²) in [6.07, 6.45) is 1.01. The molecule has 1 amide bonds. The van der Waals surface area contributed by atoms with Gasteiger partial charge in [-0.1, -0.05) is 6.92 Å². The number of aromatic nitrogens is 2. The highest BCUT2D eigenvalue weighted by molar-refractivity contribution is 5.96. The van der Waals surface area contributed by atoms with Crippen molar-refractivity contribution in [3.63, 3.8) is 0 Å². The lowest BCUT2D eigenvalue weighted by Crippen LogP contribution is -2.42. The van der Waals surface area contributed by atoms with Gasteiger partial charge >= 0.3 is 5.69 Å². The van der Waals surface area contributed by atoms with Crippen LogP contribution in [-0.2, 0) is 4.79 Å². The van der Waals surface area contributed by atoms with Crippen molar-refractivity contribution in [2.24, 2.45) is 11.1 Å². The Kier molecular flexibility index (Phi) is 3.99. The fraction of sp³-hybridized carbons (Fsp3) is 0.500. The van der Waals surface area contributed by atoms with Gasteiger partial charge in [-0.25, -0.2) is 4.79 Å². The van der Waals surface area contributed by atoms with Crippen LogP contribution in [0, 0.1) is 5.41 Å². The van der Waals surface area contributed by atoms with Gasteiger partial charge in [0.15, 0.2) is 0 Å². The molecule has 2 aromatic rings. The molecule has 1 aliphatic rings. The molecule has 0 spiro atoms. The molecule has 23 heavy (non-hydrogen) atoms. The number of aromatic amines is 2. The van der Waals surface area contributed by atoms with Crippen molar-refractivity contribution >= 4 is 22.6 Å². The summed E-state index contributed by atoms with van der Waals surface area (Å²) in [4.78, 5) is 31.3. The van der Waals surface area contributed by atoms with Gasteiger partial charge in [0, 0.05) is 12.2 Å². The van der Waals surface area contributed by atoms with E-state index in [2.05, 4.69) is 27.1 Å². The summed E-state index contributed by atoms with van der Waals surface area (Å²) in [5.74, 6) is -0.0523. The minimum Gasteiger partial charge on any atom is -0.330 e. The highest BCUT2D eigenvalue weighted by Crippen LogP contribution is 2.30. The van der Waals surface area contributed by atoms with Crippen molar-refractivity contribution in [3.8, 4) is 0 Å². The standard InChI is InChI=1S/C16H23N5O2/c1-10(21-6-5-16(2,8-17)9-21)14(22)18-11-3-4-12-13(7-11)20-15(23)19-12/h3-4,7,10H,5-6,8-9,17H2,1-2H3,(H,18,22)(H2,19,20,23). The van der Waals surface area contributed by atoms with Crippen LogP contribution in [-0.4, -0.2) is 46.5 Å². The second-order valence-electron chi connectivity index (χ2n) is 6.74. The number of nitrogens with two attached hydrogens (primary N) is 1. The van der Waals surface area contributed by atoms with Crippen LogP contribution in [0.25, 0.3) is 11.0 Å². The Morgan fingerprint density at radius 2 is 2.17 bits per heavy atom. The van der Waals surface area contributed by atoms with Crippen LogP contribution >= 0.6 is 0 Å². The lowest BCUT2D eigenvalue weighted by molar-refractivity contribution is -0.120. The number of hydrogen-bond donors (Lipinski definition) is 4. The molecule has 7 nitrogen and oxygen atoms in total. The van der Waals surface area contributed by atoms with E-state index in [9.17, 15) is 9.59 Å². The number of hydrogen-bond acceptors (Lipinski definition) is 4. The van der Waals surface area contributed by atoms with Crippen LogP contribution in [0.1, 0.15) is 20.3 Å². The summed E-state index contributed by atoms with van der Waals surface area (Å²) in [6, 6.07) is 5.09. The summed E-state index contributed by atoms with van der Waals surface area (Å²) in [5, 5.41) is 2.92. The SMILES string of the molecule is CC(C(=O)Nc1ccc2[nH]c(=O)[nH]c2c1)N1CCC(C)(CN)C1. The Morgan fingerprint density at radius 1 is 1.43 bits per heavy atom. The van der Waals surface area contributed by atoms with E-state index < -0.39 is 0 Å². The average Bonchev–Trinajstić information content (AvgIpc) is 3.09. The molecule has 0 saturated carbocycles. The minimum atomic E-state index is -0.255. The number of nitrogens with one attached hydrogen (secondary N) is 3. The van der Waals surface area contributed by atoms with Crippen molar-refractivity contribution in [3.05, 3.63) is 28.7 Å². The molecule has 7 heteroatoms. The van der Waals surface area contributed by atoms with Crippen LogP contribution in [0.2, 0.25) is 0 Å². The number of carbonyl (C=O) groups excluding carboxylic acids is 1. The van der Waals surface area contributed by atoms with E-state index in [0.717, 1.165) is 25.0 Å². The lowest BCUT2D eigenvalue weighted by atomic mass is 9.90. The summed E-state index contributed by atoms with van der Waals surface area (Å²) in [5.41, 5.74) is 7.74. The van der Waals surface area contributed by atoms with Crippen LogP contribution in [0.15, 0.2) is 23.0 Å². The van der Waals surface area contributed by atoms with Crippen LogP contribution in [0.5, 0.6) is 0 Å². The smallest absolute Gasteiger partial charge is 0.323 e. The maximum Gasteiger partial charge on any atom is 0.323 e. The van der Waals surface area contributed by atoms with Gasteiger partial charge in [0.05, 0.1) is 17.1 Å². The molecule has 1 aliphatic heterocycles. The van der Waals surface area contributed by atoms with Gasteiger partial charge in [0.1, 0.15) is 0 Å². The Hall–Kier alpha value is -2.12. The number of nitrogens with zero attached hydrogens (tertiary/aromatic N) is 1. The van der Waals surface area contributed by atoms with Gasteiger partial charge in [-0.05, 0) is 50.0 Å². The Balaban J connectivity index is 1.69. The molecular formula is C16H23N5O2. The first kappa shape index (κ1) is 15.8. The number of imidazole rings is 1. The van der Waals surface area contributed by atoms with Gasteiger partial charge in [-0.2, -0.15) is 0 Å². The molecule has 1 aromatic carbocycles. The predicted octanol–water partition coefficient (Wildman–Crippen LogP) is 0.854. The molecule has 3 rings (SSSR count). The van der Waals surface area contributed by atoms with Gasteiger partial charge in [0.25, 0.3) is 0 Å². The number of benzene rings is 1. The van der Waals surface area contributed by atoms with Crippen molar-refractivity contribution in [1.82, 2.24) is 14.9 Å². The molecule has 0 radical (unpaired) electrons. The molecular weight excluding hydrogens is 294 g/mol. The third kappa shape index (κ3) is 3.16. The van der Waals surface area contributed by atoms with Crippen molar-refractivity contribution < 1.29 is 4.79 Å². The summed E-state index contributed by atoms with van der Waals surface area (Å²) >= 11 is 0. The van der Waals surface area contributed by atoms with E-state index in [1.54, 1.807) is 18.2 Å². The average molecular weight is 317 g/mol. The van der Waals surface area contributed by atoms with Crippen molar-refractivity contribution in [2.75, 3.05) is 25.0 Å². The van der Waals surface area contributed by atoms with Crippen LogP contribution < -0.4 is 16.7 Å². The fourth-order valence-electron chi connectivity index (χ4n) is 3.08.